The summed E-state index contributed by atoms with van der Waals surface area (Å²) in [7, 11) is 0. The number of aromatic amines is 2. The normalized spacial score (nSPS) is 10.5. The summed E-state index contributed by atoms with van der Waals surface area (Å²) in [4.78, 5) is 22.6. The summed E-state index contributed by atoms with van der Waals surface area (Å²) in [5.41, 5.74) is -0.497. The Balaban J connectivity index is 3.19. The summed E-state index contributed by atoms with van der Waals surface area (Å²) in [6.45, 7) is 0. The Morgan fingerprint density at radius 3 is 2.46 bits per heavy atom. The van der Waals surface area contributed by atoms with Crippen molar-refractivity contribution in [3.8, 4) is 0 Å². The van der Waals surface area contributed by atoms with Crippen molar-refractivity contribution in [2.24, 2.45) is 0 Å². The number of hydrogen-bond donors (Lipinski definition) is 2. The fraction of sp³-hybridized carbons (Fsp3) is 0. The van der Waals surface area contributed by atoms with Gasteiger partial charge in [-0.25, -0.2) is 0 Å². The quantitative estimate of drug-likeness (QED) is 0.547. The zero-order valence-electron chi connectivity index (χ0n) is 6.63. The minimum atomic E-state index is -0.255. The zero-order chi connectivity index (χ0) is 9.42. The molecule has 0 amide bonds. The molecule has 2 rings (SSSR count). The van der Waals surface area contributed by atoms with Crippen LogP contribution in [0.3, 0.4) is 0 Å². The summed E-state index contributed by atoms with van der Waals surface area (Å²) < 4.78 is 0.873. The fourth-order valence-electron chi connectivity index (χ4n) is 1.26. The Hall–Kier alpha value is -1.28. The van der Waals surface area contributed by atoms with E-state index in [1.165, 1.54) is 16.9 Å². The van der Waals surface area contributed by atoms with Crippen molar-refractivity contribution >= 4 is 32.0 Å². The van der Waals surface area contributed by atoms with E-state index in [4.69, 9.17) is 0 Å². The van der Waals surface area contributed by atoms with Crippen LogP contribution in [0.5, 0.6) is 0 Å². The van der Waals surface area contributed by atoms with E-state index >= 15 is 0 Å². The Morgan fingerprint density at radius 2 is 1.77 bits per heavy atom. The van der Waals surface area contributed by atoms with Gasteiger partial charge in [0.25, 0.3) is 0 Å². The molecule has 0 aliphatic heterocycles. The monoisotopic (exact) mass is 238 g/mol. The molecular formula is C8H7AsN2O2. The molecule has 0 radical (unpaired) electrons. The van der Waals surface area contributed by atoms with Gasteiger partial charge in [-0.15, -0.1) is 0 Å². The number of H-pyrrole nitrogens is 2. The third kappa shape index (κ3) is 1.23. The molecule has 0 saturated heterocycles. The van der Waals surface area contributed by atoms with E-state index in [0.29, 0.717) is 10.8 Å². The predicted octanol–water partition coefficient (Wildman–Crippen LogP) is -1.53. The molecule has 0 aliphatic carbocycles. The Bertz CT molecular complexity index is 570. The average Bonchev–Trinajstić information content (AvgIpc) is 2.12. The summed E-state index contributed by atoms with van der Waals surface area (Å²) in [5, 5.41) is 5.53. The number of aromatic nitrogens is 2. The summed E-state index contributed by atoms with van der Waals surface area (Å²) in [6.07, 6.45) is 0. The van der Waals surface area contributed by atoms with E-state index in [2.05, 4.69) is 10.2 Å². The number of hydrogen-bond acceptors (Lipinski definition) is 2. The third-order valence-electron chi connectivity index (χ3n) is 1.86. The van der Waals surface area contributed by atoms with Gasteiger partial charge in [-0.05, 0) is 0 Å². The second kappa shape index (κ2) is 2.89. The van der Waals surface area contributed by atoms with Crippen LogP contribution >= 0.6 is 0 Å². The summed E-state index contributed by atoms with van der Waals surface area (Å²) >= 11 is 1.33. The van der Waals surface area contributed by atoms with Crippen LogP contribution in [0.1, 0.15) is 0 Å². The van der Waals surface area contributed by atoms with Gasteiger partial charge in [-0.1, -0.05) is 0 Å². The first kappa shape index (κ1) is 8.32. The van der Waals surface area contributed by atoms with Crippen LogP contribution < -0.4 is 15.5 Å². The topological polar surface area (TPSA) is 65.7 Å². The molecule has 1 aromatic carbocycles. The molecule has 13 heavy (non-hydrogen) atoms. The van der Waals surface area contributed by atoms with Crippen LogP contribution in [-0.2, 0) is 0 Å². The van der Waals surface area contributed by atoms with E-state index < -0.39 is 0 Å². The van der Waals surface area contributed by atoms with Crippen molar-refractivity contribution in [1.29, 1.82) is 0 Å². The molecule has 2 N–H and O–H groups in total. The van der Waals surface area contributed by atoms with Crippen LogP contribution in [0.4, 0.5) is 0 Å². The molecule has 66 valence electrons. The van der Waals surface area contributed by atoms with Crippen molar-refractivity contribution in [2.75, 3.05) is 0 Å². The first-order chi connectivity index (χ1) is 6.20. The Kier molecular flexibility index (Phi) is 1.85. The van der Waals surface area contributed by atoms with Crippen molar-refractivity contribution in [2.45, 2.75) is 0 Å². The van der Waals surface area contributed by atoms with Gasteiger partial charge in [0, 0.05) is 0 Å². The van der Waals surface area contributed by atoms with Crippen LogP contribution in [0, 0.1) is 0 Å². The standard InChI is InChI=1S/C8H7AsN2O2/c9-5-3-1-2-4-6(5)8(13)11-10-7(4)12/h1-3H,9H2,(H,10,12)(H,11,13). The second-order valence-corrected chi connectivity index (χ2v) is 3.98. The van der Waals surface area contributed by atoms with Crippen LogP contribution in [0.2, 0.25) is 0 Å². The second-order valence-electron chi connectivity index (χ2n) is 2.68. The van der Waals surface area contributed by atoms with E-state index in [-0.39, 0.29) is 11.1 Å². The molecule has 0 spiro atoms. The van der Waals surface area contributed by atoms with Gasteiger partial charge in [0.2, 0.25) is 0 Å². The molecule has 4 nitrogen and oxygen atoms in total. The van der Waals surface area contributed by atoms with E-state index in [0.717, 1.165) is 4.35 Å². The maximum absolute atomic E-state index is 11.3. The first-order valence-corrected chi connectivity index (χ1v) is 4.90. The van der Waals surface area contributed by atoms with E-state index in [1.807, 2.05) is 6.07 Å². The zero-order valence-corrected chi connectivity index (χ0v) is 9.05. The van der Waals surface area contributed by atoms with Gasteiger partial charge in [-0.2, -0.15) is 0 Å². The van der Waals surface area contributed by atoms with Gasteiger partial charge in [0.15, 0.2) is 0 Å². The third-order valence-corrected chi connectivity index (χ3v) is 2.87. The van der Waals surface area contributed by atoms with Crippen LogP contribution in [0.15, 0.2) is 27.8 Å². The van der Waals surface area contributed by atoms with Gasteiger partial charge in [0.05, 0.1) is 0 Å². The van der Waals surface area contributed by atoms with Gasteiger partial charge in [-0.3, -0.25) is 0 Å². The molecule has 1 atom stereocenters. The van der Waals surface area contributed by atoms with Crippen molar-refractivity contribution < 1.29 is 0 Å². The number of nitrogens with one attached hydrogen (secondary N) is 2. The molecule has 0 saturated carbocycles. The Morgan fingerprint density at radius 1 is 1.08 bits per heavy atom. The first-order valence-electron chi connectivity index (χ1n) is 3.69. The van der Waals surface area contributed by atoms with Gasteiger partial charge in [0.1, 0.15) is 0 Å². The van der Waals surface area contributed by atoms with Crippen molar-refractivity contribution in [3.05, 3.63) is 38.9 Å². The Labute approximate surface area is 81.5 Å². The molecule has 1 unspecified atom stereocenters. The van der Waals surface area contributed by atoms with Gasteiger partial charge < -0.3 is 0 Å². The molecule has 5 heteroatoms. The number of benzene rings is 1. The summed E-state index contributed by atoms with van der Waals surface area (Å²) in [5.74, 6) is 0. The average molecular weight is 238 g/mol. The molecular weight excluding hydrogens is 231 g/mol. The van der Waals surface area contributed by atoms with Crippen LogP contribution in [0.25, 0.3) is 10.8 Å². The predicted molar refractivity (Wildman–Crippen MR) is 53.4 cm³/mol. The molecule has 0 aliphatic rings. The molecule has 1 aromatic heterocycles. The van der Waals surface area contributed by atoms with E-state index in [1.54, 1.807) is 12.1 Å². The maximum atomic E-state index is 11.3. The fourth-order valence-corrected chi connectivity index (χ4v) is 2.09. The van der Waals surface area contributed by atoms with Crippen LogP contribution in [-0.4, -0.2) is 27.1 Å². The minimum absolute atomic E-state index is 0.241. The number of rotatable bonds is 0. The molecule has 0 bridgehead atoms. The number of fused-ring (bicyclic) bond motifs is 1. The summed E-state index contributed by atoms with van der Waals surface area (Å²) in [6, 6.07) is 5.25. The molecule has 2 aromatic rings. The van der Waals surface area contributed by atoms with Crippen molar-refractivity contribution in [1.82, 2.24) is 10.2 Å². The molecule has 0 fully saturated rings. The SMILES string of the molecule is O=c1[nH][nH]c(=O)c2c([AsH2])cccc12. The van der Waals surface area contributed by atoms with E-state index in [9.17, 15) is 9.59 Å². The van der Waals surface area contributed by atoms with Crippen molar-refractivity contribution in [3.63, 3.8) is 0 Å². The molecule has 1 heterocycles. The van der Waals surface area contributed by atoms with Gasteiger partial charge >= 0.3 is 81.1 Å².